The molecule has 1 aliphatic rings. The van der Waals surface area contributed by atoms with Crippen LogP contribution in [0.3, 0.4) is 0 Å². The first-order valence-electron chi connectivity index (χ1n) is 6.92. The highest BCUT2D eigenvalue weighted by Gasteiger charge is 2.32. The molecule has 1 aromatic rings. The topological polar surface area (TPSA) is 75.8 Å². The molecule has 0 bridgehead atoms. The average molecular weight is 349 g/mol. The van der Waals surface area contributed by atoms with Gasteiger partial charge in [-0.05, 0) is 36.6 Å². The molecule has 23 heavy (non-hydrogen) atoms. The standard InChI is InChI=1S/C14H18F3N3O2S/c1-20(11-3-4-11)13(18)19-8-9-5-10(14(15,16)17)7-12(6-9)23(2,21)22/h5-7,11H,3-4,8H2,1-2H3,(H2,18,19). The molecule has 0 atom stereocenters. The van der Waals surface area contributed by atoms with Crippen LogP contribution in [-0.4, -0.2) is 38.6 Å². The van der Waals surface area contributed by atoms with Gasteiger partial charge in [0.05, 0.1) is 17.0 Å². The second-order valence-corrected chi connectivity index (χ2v) is 7.67. The van der Waals surface area contributed by atoms with E-state index >= 15 is 0 Å². The molecular formula is C14H18F3N3O2S. The second-order valence-electron chi connectivity index (χ2n) is 5.65. The molecule has 0 unspecified atom stereocenters. The number of hydrogen-bond acceptors (Lipinski definition) is 3. The molecule has 0 aliphatic heterocycles. The highest BCUT2D eigenvalue weighted by Crippen LogP contribution is 2.32. The Hall–Kier alpha value is -1.77. The van der Waals surface area contributed by atoms with Gasteiger partial charge >= 0.3 is 6.18 Å². The van der Waals surface area contributed by atoms with E-state index in [1.165, 1.54) is 6.07 Å². The highest BCUT2D eigenvalue weighted by molar-refractivity contribution is 7.90. The van der Waals surface area contributed by atoms with Crippen molar-refractivity contribution < 1.29 is 21.6 Å². The molecule has 5 nitrogen and oxygen atoms in total. The average Bonchev–Trinajstić information content (AvgIpc) is 3.26. The summed E-state index contributed by atoms with van der Waals surface area (Å²) in [6.07, 6.45) is -1.75. The molecule has 0 radical (unpaired) electrons. The summed E-state index contributed by atoms with van der Waals surface area (Å²) in [5.74, 6) is 0.228. The van der Waals surface area contributed by atoms with Crippen LogP contribution in [0.15, 0.2) is 28.1 Å². The van der Waals surface area contributed by atoms with Crippen LogP contribution < -0.4 is 5.73 Å². The van der Waals surface area contributed by atoms with Crippen LogP contribution in [0.25, 0.3) is 0 Å². The second kappa shape index (κ2) is 6.03. The summed E-state index contributed by atoms with van der Waals surface area (Å²) in [6, 6.07) is 3.04. The number of benzene rings is 1. The maximum Gasteiger partial charge on any atom is 0.416 e. The molecule has 0 heterocycles. The quantitative estimate of drug-likeness (QED) is 0.666. The number of halogens is 3. The lowest BCUT2D eigenvalue weighted by molar-refractivity contribution is -0.137. The van der Waals surface area contributed by atoms with Gasteiger partial charge in [0.1, 0.15) is 0 Å². The van der Waals surface area contributed by atoms with Gasteiger partial charge in [-0.1, -0.05) is 0 Å². The first-order valence-corrected chi connectivity index (χ1v) is 8.81. The van der Waals surface area contributed by atoms with Crippen LogP contribution in [0.4, 0.5) is 13.2 Å². The molecule has 1 saturated carbocycles. The predicted molar refractivity (Wildman–Crippen MR) is 80.7 cm³/mol. The van der Waals surface area contributed by atoms with E-state index < -0.39 is 21.6 Å². The lowest BCUT2D eigenvalue weighted by atomic mass is 10.1. The molecule has 0 amide bonds. The van der Waals surface area contributed by atoms with E-state index in [1.807, 2.05) is 0 Å². The lowest BCUT2D eigenvalue weighted by Gasteiger charge is -2.17. The smallest absolute Gasteiger partial charge is 0.370 e. The number of guanidine groups is 1. The molecule has 0 spiro atoms. The van der Waals surface area contributed by atoms with Gasteiger partial charge in [0.25, 0.3) is 0 Å². The van der Waals surface area contributed by atoms with Crippen molar-refractivity contribution >= 4 is 15.8 Å². The van der Waals surface area contributed by atoms with Gasteiger partial charge in [-0.15, -0.1) is 0 Å². The molecule has 128 valence electrons. The Kier molecular flexibility index (Phi) is 4.61. The third-order valence-corrected chi connectivity index (χ3v) is 4.69. The van der Waals surface area contributed by atoms with Crippen LogP contribution in [0.2, 0.25) is 0 Å². The van der Waals surface area contributed by atoms with Crippen LogP contribution >= 0.6 is 0 Å². The summed E-state index contributed by atoms with van der Waals surface area (Å²) in [5.41, 5.74) is 4.92. The largest absolute Gasteiger partial charge is 0.416 e. The van der Waals surface area contributed by atoms with Gasteiger partial charge in [0, 0.05) is 19.3 Å². The zero-order chi connectivity index (χ0) is 17.4. The molecule has 0 saturated heterocycles. The Morgan fingerprint density at radius 1 is 1.35 bits per heavy atom. The fraction of sp³-hybridized carbons (Fsp3) is 0.500. The zero-order valence-corrected chi connectivity index (χ0v) is 13.6. The van der Waals surface area contributed by atoms with Crippen molar-refractivity contribution in [2.45, 2.75) is 36.5 Å². The lowest BCUT2D eigenvalue weighted by Crippen LogP contribution is -2.35. The predicted octanol–water partition coefficient (Wildman–Crippen LogP) is 2.02. The summed E-state index contributed by atoms with van der Waals surface area (Å²) in [7, 11) is -1.99. The number of sulfone groups is 1. The van der Waals surface area contributed by atoms with Crippen molar-refractivity contribution in [2.75, 3.05) is 13.3 Å². The maximum absolute atomic E-state index is 12.9. The molecule has 0 aromatic heterocycles. The molecule has 1 fully saturated rings. The Morgan fingerprint density at radius 3 is 2.43 bits per heavy atom. The van der Waals surface area contributed by atoms with E-state index in [-0.39, 0.29) is 23.0 Å². The van der Waals surface area contributed by atoms with E-state index in [9.17, 15) is 21.6 Å². The van der Waals surface area contributed by atoms with Gasteiger partial charge < -0.3 is 10.6 Å². The van der Waals surface area contributed by atoms with Gasteiger partial charge in [-0.3, -0.25) is 0 Å². The van der Waals surface area contributed by atoms with Gasteiger partial charge in [0.15, 0.2) is 15.8 Å². The molecular weight excluding hydrogens is 331 g/mol. The Balaban J connectivity index is 2.32. The van der Waals surface area contributed by atoms with Gasteiger partial charge in [-0.25, -0.2) is 13.4 Å². The number of hydrogen-bond donors (Lipinski definition) is 1. The third kappa shape index (κ3) is 4.60. The number of nitrogens with two attached hydrogens (primary N) is 1. The summed E-state index contributed by atoms with van der Waals surface area (Å²) >= 11 is 0. The van der Waals surface area contributed by atoms with E-state index in [1.54, 1.807) is 11.9 Å². The highest BCUT2D eigenvalue weighted by atomic mass is 32.2. The van der Waals surface area contributed by atoms with E-state index in [0.717, 1.165) is 25.2 Å². The fourth-order valence-electron chi connectivity index (χ4n) is 2.06. The zero-order valence-electron chi connectivity index (χ0n) is 12.8. The van der Waals surface area contributed by atoms with Crippen LogP contribution in [0, 0.1) is 0 Å². The maximum atomic E-state index is 12.9. The third-order valence-electron chi connectivity index (χ3n) is 3.60. The van der Waals surface area contributed by atoms with E-state index in [0.29, 0.717) is 12.1 Å². The minimum Gasteiger partial charge on any atom is -0.370 e. The van der Waals surface area contributed by atoms with E-state index in [4.69, 9.17) is 5.73 Å². The van der Waals surface area contributed by atoms with Crippen molar-refractivity contribution in [1.29, 1.82) is 0 Å². The van der Waals surface area contributed by atoms with E-state index in [2.05, 4.69) is 4.99 Å². The number of rotatable bonds is 4. The molecule has 1 aliphatic carbocycles. The minimum atomic E-state index is -4.63. The van der Waals surface area contributed by atoms with Crippen molar-refractivity contribution in [3.63, 3.8) is 0 Å². The summed E-state index contributed by atoms with van der Waals surface area (Å²) in [6.45, 7) is -0.116. The van der Waals surface area contributed by atoms with Crippen LogP contribution in [0.5, 0.6) is 0 Å². The monoisotopic (exact) mass is 349 g/mol. The van der Waals surface area contributed by atoms with Crippen LogP contribution in [-0.2, 0) is 22.6 Å². The summed E-state index contributed by atoms with van der Waals surface area (Å²) < 4.78 is 61.9. The summed E-state index contributed by atoms with van der Waals surface area (Å²) in [4.78, 5) is 5.45. The minimum absolute atomic E-state index is 0.116. The van der Waals surface area contributed by atoms with Crippen molar-refractivity contribution in [3.05, 3.63) is 29.3 Å². The fourth-order valence-corrected chi connectivity index (χ4v) is 2.77. The van der Waals surface area contributed by atoms with Crippen molar-refractivity contribution in [3.8, 4) is 0 Å². The van der Waals surface area contributed by atoms with Crippen molar-refractivity contribution in [2.24, 2.45) is 10.7 Å². The van der Waals surface area contributed by atoms with Gasteiger partial charge in [-0.2, -0.15) is 13.2 Å². The van der Waals surface area contributed by atoms with Gasteiger partial charge in [0.2, 0.25) is 0 Å². The SMILES string of the molecule is CN(C(N)=NCc1cc(C(F)(F)F)cc(S(C)(=O)=O)c1)C1CC1. The molecule has 2 rings (SSSR count). The number of nitrogens with zero attached hydrogens (tertiary/aromatic N) is 2. The van der Waals surface area contributed by atoms with Crippen LogP contribution in [0.1, 0.15) is 24.0 Å². The first kappa shape index (κ1) is 17.6. The molecule has 2 N–H and O–H groups in total. The van der Waals surface area contributed by atoms with Crippen molar-refractivity contribution in [1.82, 2.24) is 4.90 Å². The molecule has 9 heteroatoms. The number of alkyl halides is 3. The first-order chi connectivity index (χ1) is 10.5. The normalized spacial score (nSPS) is 16.5. The Morgan fingerprint density at radius 2 is 1.96 bits per heavy atom. The molecule has 1 aromatic carbocycles. The number of aliphatic imine (C=N–C) groups is 1. The summed E-state index contributed by atoms with van der Waals surface area (Å²) in [5, 5.41) is 0. The Bertz CT molecular complexity index is 725. The Labute approximate surface area is 132 Å².